The second-order valence-electron chi connectivity index (χ2n) is 5.05. The molecule has 0 unspecified atom stereocenters. The van der Waals surface area contributed by atoms with Gasteiger partial charge in [0.1, 0.15) is 12.3 Å². The molecule has 0 aliphatic carbocycles. The topological polar surface area (TPSA) is 99.1 Å². The van der Waals surface area contributed by atoms with Crippen molar-refractivity contribution in [3.8, 4) is 0 Å². The Bertz CT molecular complexity index is 409. The summed E-state index contributed by atoms with van der Waals surface area (Å²) in [5.41, 5.74) is 1.79. The maximum Gasteiger partial charge on any atom is 0.323 e. The lowest BCUT2D eigenvalue weighted by molar-refractivity contribution is -0.145. The molecule has 2 N–H and O–H groups in total. The van der Waals surface area contributed by atoms with Crippen LogP contribution in [0.15, 0.2) is 5.10 Å². The lowest BCUT2D eigenvalue weighted by atomic mass is 10.0. The van der Waals surface area contributed by atoms with Crippen LogP contribution < -0.4 is 5.43 Å². The standard InChI is InChI=1S/C11H17N3O4/c1-11(2,3)14(6-9(16)17)10(18)7-4-5-8(15)13-12-7/h4-6H2,1-3H3,(H,13,15)(H,16,17). The van der Waals surface area contributed by atoms with Gasteiger partial charge in [-0.25, -0.2) is 5.43 Å². The maximum absolute atomic E-state index is 12.2. The Hall–Kier alpha value is -1.92. The van der Waals surface area contributed by atoms with Crippen molar-refractivity contribution in [2.45, 2.75) is 39.2 Å². The van der Waals surface area contributed by atoms with Crippen molar-refractivity contribution in [1.82, 2.24) is 10.3 Å². The van der Waals surface area contributed by atoms with E-state index in [1.807, 2.05) is 0 Å². The van der Waals surface area contributed by atoms with Crippen LogP contribution in [0.1, 0.15) is 33.6 Å². The van der Waals surface area contributed by atoms with Crippen molar-refractivity contribution in [2.24, 2.45) is 5.10 Å². The van der Waals surface area contributed by atoms with Crippen LogP contribution in [0.3, 0.4) is 0 Å². The summed E-state index contributed by atoms with van der Waals surface area (Å²) in [4.78, 5) is 35.1. The highest BCUT2D eigenvalue weighted by Gasteiger charge is 2.32. The van der Waals surface area contributed by atoms with Gasteiger partial charge in [-0.3, -0.25) is 14.4 Å². The van der Waals surface area contributed by atoms with Crippen LogP contribution in [0, 0.1) is 0 Å². The molecule has 0 aromatic heterocycles. The first kappa shape index (κ1) is 14.1. The summed E-state index contributed by atoms with van der Waals surface area (Å²) in [7, 11) is 0. The number of hydrogen-bond donors (Lipinski definition) is 2. The summed E-state index contributed by atoms with van der Waals surface area (Å²) in [5, 5.41) is 12.5. The Balaban J connectivity index is 2.89. The largest absolute Gasteiger partial charge is 0.480 e. The van der Waals surface area contributed by atoms with Crippen LogP contribution in [-0.4, -0.2) is 45.6 Å². The summed E-state index contributed by atoms with van der Waals surface area (Å²) in [6.45, 7) is 4.84. The molecular formula is C11H17N3O4. The molecule has 7 heteroatoms. The molecule has 7 nitrogen and oxygen atoms in total. The van der Waals surface area contributed by atoms with Gasteiger partial charge in [-0.2, -0.15) is 5.10 Å². The fourth-order valence-corrected chi connectivity index (χ4v) is 1.53. The monoisotopic (exact) mass is 255 g/mol. The zero-order valence-electron chi connectivity index (χ0n) is 10.7. The van der Waals surface area contributed by atoms with Gasteiger partial charge in [-0.05, 0) is 20.8 Å². The number of carboxylic acid groups (broad SMARTS) is 1. The van der Waals surface area contributed by atoms with Crippen LogP contribution in [0.2, 0.25) is 0 Å². The van der Waals surface area contributed by atoms with Gasteiger partial charge in [-0.1, -0.05) is 0 Å². The number of nitrogens with zero attached hydrogens (tertiary/aromatic N) is 2. The summed E-state index contributed by atoms with van der Waals surface area (Å²) < 4.78 is 0. The second kappa shape index (κ2) is 5.16. The number of hydrazone groups is 1. The Morgan fingerprint density at radius 2 is 2.00 bits per heavy atom. The average Bonchev–Trinajstić information content (AvgIpc) is 2.24. The minimum atomic E-state index is -1.08. The van der Waals surface area contributed by atoms with Gasteiger partial charge in [0.15, 0.2) is 0 Å². The smallest absolute Gasteiger partial charge is 0.323 e. The van der Waals surface area contributed by atoms with E-state index in [9.17, 15) is 14.4 Å². The highest BCUT2D eigenvalue weighted by Crippen LogP contribution is 2.15. The zero-order chi connectivity index (χ0) is 13.9. The Morgan fingerprint density at radius 1 is 1.39 bits per heavy atom. The van der Waals surface area contributed by atoms with E-state index in [4.69, 9.17) is 5.11 Å². The highest BCUT2D eigenvalue weighted by molar-refractivity contribution is 6.39. The van der Waals surface area contributed by atoms with E-state index >= 15 is 0 Å². The number of carbonyl (C=O) groups excluding carboxylic acids is 2. The SMILES string of the molecule is CC(C)(C)N(CC(=O)O)C(=O)C1=NNC(=O)CC1. The van der Waals surface area contributed by atoms with Gasteiger partial charge in [0.05, 0.1) is 0 Å². The van der Waals surface area contributed by atoms with Crippen LogP contribution in [0.4, 0.5) is 0 Å². The van der Waals surface area contributed by atoms with Crippen LogP contribution in [-0.2, 0) is 14.4 Å². The van der Waals surface area contributed by atoms with E-state index in [-0.39, 0.29) is 24.5 Å². The maximum atomic E-state index is 12.2. The molecule has 0 saturated carbocycles. The van der Waals surface area contributed by atoms with Gasteiger partial charge in [-0.15, -0.1) is 0 Å². The van der Waals surface area contributed by atoms with Crippen molar-refractivity contribution in [2.75, 3.05) is 6.54 Å². The quantitative estimate of drug-likeness (QED) is 0.739. The lowest BCUT2D eigenvalue weighted by Gasteiger charge is -2.34. The molecule has 0 spiro atoms. The minimum absolute atomic E-state index is 0.186. The lowest BCUT2D eigenvalue weighted by Crippen LogP contribution is -2.51. The van der Waals surface area contributed by atoms with Crippen molar-refractivity contribution in [1.29, 1.82) is 0 Å². The number of carboxylic acids is 1. The highest BCUT2D eigenvalue weighted by atomic mass is 16.4. The molecule has 1 aliphatic heterocycles. The van der Waals surface area contributed by atoms with Crippen molar-refractivity contribution in [3.05, 3.63) is 0 Å². The molecule has 1 heterocycles. The normalized spacial score (nSPS) is 15.7. The summed E-state index contributed by atoms with van der Waals surface area (Å²) in [6.07, 6.45) is 0.423. The molecule has 0 bridgehead atoms. The van der Waals surface area contributed by atoms with E-state index in [2.05, 4.69) is 10.5 Å². The van der Waals surface area contributed by atoms with Gasteiger partial charge in [0.2, 0.25) is 5.91 Å². The number of carbonyl (C=O) groups is 3. The van der Waals surface area contributed by atoms with Crippen molar-refractivity contribution in [3.63, 3.8) is 0 Å². The van der Waals surface area contributed by atoms with E-state index < -0.39 is 24.0 Å². The Morgan fingerprint density at radius 3 is 2.39 bits per heavy atom. The van der Waals surface area contributed by atoms with Crippen molar-refractivity contribution < 1.29 is 19.5 Å². The summed E-state index contributed by atoms with van der Waals surface area (Å²) in [5.74, 6) is -1.78. The zero-order valence-corrected chi connectivity index (χ0v) is 10.7. The number of amides is 2. The molecule has 1 rings (SSSR count). The van der Waals surface area contributed by atoms with Crippen LogP contribution >= 0.6 is 0 Å². The Labute approximate surface area is 105 Å². The molecule has 1 aliphatic rings. The van der Waals surface area contributed by atoms with Gasteiger partial charge < -0.3 is 10.0 Å². The number of rotatable bonds is 3. The summed E-state index contributed by atoms with van der Waals surface area (Å²) >= 11 is 0. The molecule has 2 amide bonds. The van der Waals surface area contributed by atoms with Gasteiger partial charge >= 0.3 is 5.97 Å². The minimum Gasteiger partial charge on any atom is -0.480 e. The predicted octanol–water partition coefficient (Wildman–Crippen LogP) is -0.0359. The van der Waals surface area contributed by atoms with Crippen LogP contribution in [0.5, 0.6) is 0 Å². The molecule has 100 valence electrons. The third-order valence-electron chi connectivity index (χ3n) is 2.50. The predicted molar refractivity (Wildman–Crippen MR) is 63.9 cm³/mol. The third kappa shape index (κ3) is 3.54. The molecule has 0 saturated heterocycles. The fourth-order valence-electron chi connectivity index (χ4n) is 1.53. The second-order valence-corrected chi connectivity index (χ2v) is 5.05. The first-order valence-electron chi connectivity index (χ1n) is 5.61. The van der Waals surface area contributed by atoms with E-state index in [1.165, 1.54) is 4.90 Å². The molecule has 18 heavy (non-hydrogen) atoms. The Kier molecular flexibility index (Phi) is 4.05. The van der Waals surface area contributed by atoms with Crippen molar-refractivity contribution >= 4 is 23.5 Å². The van der Waals surface area contributed by atoms with E-state index in [1.54, 1.807) is 20.8 Å². The fraction of sp³-hybridized carbons (Fsp3) is 0.636. The van der Waals surface area contributed by atoms with E-state index in [0.29, 0.717) is 0 Å². The first-order valence-corrected chi connectivity index (χ1v) is 5.61. The molecule has 0 aromatic carbocycles. The summed E-state index contributed by atoms with van der Waals surface area (Å²) in [6, 6.07) is 0. The average molecular weight is 255 g/mol. The molecular weight excluding hydrogens is 238 g/mol. The van der Waals surface area contributed by atoms with Gasteiger partial charge in [0.25, 0.3) is 5.91 Å². The van der Waals surface area contributed by atoms with E-state index in [0.717, 1.165) is 0 Å². The molecule has 0 aromatic rings. The third-order valence-corrected chi connectivity index (χ3v) is 2.50. The molecule has 0 fully saturated rings. The molecule has 0 radical (unpaired) electrons. The van der Waals surface area contributed by atoms with Crippen LogP contribution in [0.25, 0.3) is 0 Å². The number of aliphatic carboxylic acids is 1. The van der Waals surface area contributed by atoms with Gasteiger partial charge in [0, 0.05) is 18.4 Å². The number of hydrogen-bond acceptors (Lipinski definition) is 4. The number of nitrogens with one attached hydrogen (secondary N) is 1. The molecule has 0 atom stereocenters. The first-order chi connectivity index (χ1) is 8.21.